The molecule has 0 saturated heterocycles. The molecule has 4 aromatic rings. The lowest BCUT2D eigenvalue weighted by molar-refractivity contribution is 0.581. The second-order valence-electron chi connectivity index (χ2n) is 4.55. The number of rotatable bonds is 2. The van der Waals surface area contributed by atoms with Crippen molar-refractivity contribution < 1.29 is 4.42 Å². The van der Waals surface area contributed by atoms with Gasteiger partial charge in [0, 0.05) is 5.39 Å². The average molecular weight is 277 g/mol. The molecule has 0 saturated carbocycles. The van der Waals surface area contributed by atoms with Crippen LogP contribution in [0.1, 0.15) is 0 Å². The monoisotopic (exact) mass is 277 g/mol. The lowest BCUT2D eigenvalue weighted by atomic mass is 10.00. The van der Waals surface area contributed by atoms with Crippen molar-refractivity contribution in [3.05, 3.63) is 66.9 Å². The molecule has 0 spiro atoms. The van der Waals surface area contributed by atoms with Crippen LogP contribution in [-0.2, 0) is 0 Å². The van der Waals surface area contributed by atoms with Gasteiger partial charge in [0.25, 0.3) is 0 Å². The molecule has 0 unspecified atom stereocenters. The molecular weight excluding hydrogens is 266 g/mol. The van der Waals surface area contributed by atoms with Crippen molar-refractivity contribution in [2.45, 2.75) is 0 Å². The highest BCUT2D eigenvalue weighted by molar-refractivity contribution is 7.13. The van der Waals surface area contributed by atoms with Crippen LogP contribution in [0.2, 0.25) is 0 Å². The number of aromatic nitrogens is 1. The summed E-state index contributed by atoms with van der Waals surface area (Å²) in [7, 11) is 0. The number of benzene rings is 2. The molecule has 0 aliphatic rings. The quantitative estimate of drug-likeness (QED) is 0.502. The summed E-state index contributed by atoms with van der Waals surface area (Å²) in [5.74, 6) is 0.819. The van der Waals surface area contributed by atoms with Gasteiger partial charge in [0.1, 0.15) is 5.69 Å². The Morgan fingerprint density at radius 2 is 1.75 bits per heavy atom. The maximum absolute atomic E-state index is 5.52. The third-order valence-electron chi connectivity index (χ3n) is 3.34. The van der Waals surface area contributed by atoms with Crippen LogP contribution in [0.3, 0.4) is 0 Å². The Kier molecular flexibility index (Phi) is 2.64. The third kappa shape index (κ3) is 1.75. The Balaban J connectivity index is 2.05. The molecular formula is C17H11NOS. The molecule has 2 aromatic carbocycles. The third-order valence-corrected chi connectivity index (χ3v) is 4.15. The lowest BCUT2D eigenvalue weighted by Crippen LogP contribution is -1.81. The van der Waals surface area contributed by atoms with Gasteiger partial charge in [0.15, 0.2) is 5.76 Å². The van der Waals surface area contributed by atoms with Gasteiger partial charge in [-0.15, -0.1) is 0 Å². The van der Waals surface area contributed by atoms with Crippen LogP contribution in [0.15, 0.2) is 71.3 Å². The Bertz CT molecular complexity index is 847. The van der Waals surface area contributed by atoms with E-state index in [9.17, 15) is 0 Å². The first-order chi connectivity index (χ1) is 9.93. The summed E-state index contributed by atoms with van der Waals surface area (Å²) in [6.07, 6.45) is 1.69. The van der Waals surface area contributed by atoms with Gasteiger partial charge in [0.2, 0.25) is 0 Å². The molecule has 0 aliphatic carbocycles. The first-order valence-electron chi connectivity index (χ1n) is 6.41. The molecule has 2 aromatic heterocycles. The minimum Gasteiger partial charge on any atom is -0.463 e. The maximum Gasteiger partial charge on any atom is 0.153 e. The van der Waals surface area contributed by atoms with E-state index in [1.54, 1.807) is 6.26 Å². The van der Waals surface area contributed by atoms with Gasteiger partial charge in [-0.05, 0) is 40.9 Å². The van der Waals surface area contributed by atoms with Gasteiger partial charge >= 0.3 is 0 Å². The normalized spacial score (nSPS) is 11.0. The highest BCUT2D eigenvalue weighted by Crippen LogP contribution is 2.38. The first-order valence-corrected chi connectivity index (χ1v) is 7.18. The number of nitrogens with zero attached hydrogens (tertiary/aromatic N) is 1. The summed E-state index contributed by atoms with van der Waals surface area (Å²) in [4.78, 5) is 0. The fourth-order valence-electron chi connectivity index (χ4n) is 2.43. The highest BCUT2D eigenvalue weighted by atomic mass is 32.1. The van der Waals surface area contributed by atoms with Crippen molar-refractivity contribution in [3.8, 4) is 22.6 Å². The van der Waals surface area contributed by atoms with Crippen LogP contribution in [0.5, 0.6) is 0 Å². The van der Waals surface area contributed by atoms with Crippen molar-refractivity contribution in [1.29, 1.82) is 0 Å². The fourth-order valence-corrected chi connectivity index (χ4v) is 3.24. The Morgan fingerprint density at radius 3 is 2.55 bits per heavy atom. The number of hydrogen-bond donors (Lipinski definition) is 0. The zero-order chi connectivity index (χ0) is 13.4. The highest BCUT2D eigenvalue weighted by Gasteiger charge is 2.15. The van der Waals surface area contributed by atoms with Crippen molar-refractivity contribution >= 4 is 21.6 Å². The van der Waals surface area contributed by atoms with Crippen LogP contribution >= 0.6 is 11.5 Å². The van der Waals surface area contributed by atoms with Gasteiger partial charge in [0.05, 0.1) is 11.0 Å². The van der Waals surface area contributed by atoms with E-state index in [0.29, 0.717) is 0 Å². The molecule has 0 N–H and O–H groups in total. The first kappa shape index (κ1) is 11.4. The average Bonchev–Trinajstić information content (AvgIpc) is 3.16. The van der Waals surface area contributed by atoms with Crippen LogP contribution in [0.4, 0.5) is 0 Å². The molecule has 3 heteroatoms. The second kappa shape index (κ2) is 4.62. The van der Waals surface area contributed by atoms with Crippen molar-refractivity contribution in [1.82, 2.24) is 4.37 Å². The van der Waals surface area contributed by atoms with E-state index >= 15 is 0 Å². The molecule has 0 atom stereocenters. The van der Waals surface area contributed by atoms with E-state index in [-0.39, 0.29) is 0 Å². The minimum absolute atomic E-state index is 0.819. The standard InChI is InChI=1S/C17H11NOS/c1-2-6-12(7-3-1)13-8-4-10-15-16(13)17(18-20-15)14-9-5-11-19-14/h1-11H. The van der Waals surface area contributed by atoms with Crippen molar-refractivity contribution in [2.24, 2.45) is 0 Å². The molecule has 96 valence electrons. The van der Waals surface area contributed by atoms with E-state index in [1.165, 1.54) is 32.7 Å². The molecule has 2 nitrogen and oxygen atoms in total. The predicted octanol–water partition coefficient (Wildman–Crippen LogP) is 5.22. The molecule has 4 rings (SSSR count). The molecule has 0 radical (unpaired) electrons. The zero-order valence-electron chi connectivity index (χ0n) is 10.6. The van der Waals surface area contributed by atoms with Crippen LogP contribution < -0.4 is 0 Å². The van der Waals surface area contributed by atoms with Gasteiger partial charge in [-0.1, -0.05) is 42.5 Å². The maximum atomic E-state index is 5.52. The summed E-state index contributed by atoms with van der Waals surface area (Å²) in [6, 6.07) is 20.6. The van der Waals surface area contributed by atoms with Gasteiger partial charge < -0.3 is 4.42 Å². The Morgan fingerprint density at radius 1 is 0.850 bits per heavy atom. The summed E-state index contributed by atoms with van der Waals surface area (Å²) in [6.45, 7) is 0. The molecule has 0 fully saturated rings. The number of hydrogen-bond acceptors (Lipinski definition) is 3. The molecule has 0 amide bonds. The van der Waals surface area contributed by atoms with E-state index in [4.69, 9.17) is 4.42 Å². The zero-order valence-corrected chi connectivity index (χ0v) is 11.4. The molecule has 20 heavy (non-hydrogen) atoms. The smallest absolute Gasteiger partial charge is 0.153 e. The van der Waals surface area contributed by atoms with Crippen molar-refractivity contribution in [3.63, 3.8) is 0 Å². The summed E-state index contributed by atoms with van der Waals surface area (Å²) >= 11 is 1.51. The fraction of sp³-hybridized carbons (Fsp3) is 0. The van der Waals surface area contributed by atoms with Gasteiger partial charge in [-0.3, -0.25) is 0 Å². The number of furan rings is 1. The predicted molar refractivity (Wildman–Crippen MR) is 82.8 cm³/mol. The summed E-state index contributed by atoms with van der Waals surface area (Å²) in [5.41, 5.74) is 3.32. The molecule has 0 aliphatic heterocycles. The second-order valence-corrected chi connectivity index (χ2v) is 5.36. The molecule has 2 heterocycles. The molecule has 0 bridgehead atoms. The SMILES string of the molecule is c1ccc(-c2cccc3snc(-c4ccco4)c23)cc1. The van der Waals surface area contributed by atoms with Gasteiger partial charge in [-0.25, -0.2) is 0 Å². The largest absolute Gasteiger partial charge is 0.463 e. The number of fused-ring (bicyclic) bond motifs is 1. The van der Waals surface area contributed by atoms with E-state index in [0.717, 1.165) is 11.5 Å². The summed E-state index contributed by atoms with van der Waals surface area (Å²) in [5, 5.41) is 1.17. The topological polar surface area (TPSA) is 26.0 Å². The minimum atomic E-state index is 0.819. The summed E-state index contributed by atoms with van der Waals surface area (Å²) < 4.78 is 11.3. The van der Waals surface area contributed by atoms with E-state index < -0.39 is 0 Å². The Hall–Kier alpha value is -2.39. The van der Waals surface area contributed by atoms with Crippen LogP contribution in [0, 0.1) is 0 Å². The van der Waals surface area contributed by atoms with Crippen molar-refractivity contribution in [2.75, 3.05) is 0 Å². The van der Waals surface area contributed by atoms with Gasteiger partial charge in [-0.2, -0.15) is 4.37 Å². The van der Waals surface area contributed by atoms with E-state index in [1.807, 2.05) is 18.2 Å². The van der Waals surface area contributed by atoms with Crippen LogP contribution in [-0.4, -0.2) is 4.37 Å². The van der Waals surface area contributed by atoms with Crippen LogP contribution in [0.25, 0.3) is 32.7 Å². The lowest BCUT2D eigenvalue weighted by Gasteiger charge is -2.04. The van der Waals surface area contributed by atoms with E-state index in [2.05, 4.69) is 46.8 Å². The Labute approximate surface area is 120 Å².